The predicted molar refractivity (Wildman–Crippen MR) is 124 cm³/mol. The van der Waals surface area contributed by atoms with Crippen molar-refractivity contribution in [1.29, 1.82) is 0 Å². The first kappa shape index (κ1) is 21.4. The van der Waals surface area contributed by atoms with Gasteiger partial charge in [0.15, 0.2) is 0 Å². The molecule has 1 amide bonds. The lowest BCUT2D eigenvalue weighted by molar-refractivity contribution is -0.122. The van der Waals surface area contributed by atoms with Crippen molar-refractivity contribution in [3.8, 4) is 5.75 Å². The minimum absolute atomic E-state index is 0.215. The number of para-hydroxylation sites is 2. The van der Waals surface area contributed by atoms with E-state index in [2.05, 4.69) is 66.2 Å². The predicted octanol–water partition coefficient (Wildman–Crippen LogP) is 5.09. The number of fused-ring (bicyclic) bond motifs is 1. The summed E-state index contributed by atoms with van der Waals surface area (Å²) >= 11 is 0. The summed E-state index contributed by atoms with van der Waals surface area (Å²) in [5, 5.41) is 3.05. The molecule has 1 aliphatic rings. The molecule has 0 unspecified atom stereocenters. The van der Waals surface area contributed by atoms with Gasteiger partial charge in [-0.15, -0.1) is 0 Å². The standard InChI is InChI=1S/C26H33N3O2/c1-19(2)20-12-14-22(15-13-20)31-18-6-17-29-24-8-4-3-7-23(24)28-25(29)9-5-16-27-26(30)21-10-11-21/h3-4,7-8,12-15,19,21H,5-6,9-11,16-18H2,1-2H3,(H,27,30). The zero-order valence-electron chi connectivity index (χ0n) is 18.6. The van der Waals surface area contributed by atoms with E-state index >= 15 is 0 Å². The quantitative estimate of drug-likeness (QED) is 0.441. The summed E-state index contributed by atoms with van der Waals surface area (Å²) in [5.74, 6) is 3.02. The maximum Gasteiger partial charge on any atom is 0.223 e. The second-order valence-corrected chi connectivity index (χ2v) is 8.76. The Morgan fingerprint density at radius 2 is 1.90 bits per heavy atom. The first-order valence-electron chi connectivity index (χ1n) is 11.6. The summed E-state index contributed by atoms with van der Waals surface area (Å²) in [7, 11) is 0. The molecular weight excluding hydrogens is 386 g/mol. The van der Waals surface area contributed by atoms with Crippen molar-refractivity contribution in [1.82, 2.24) is 14.9 Å². The monoisotopic (exact) mass is 419 g/mol. The van der Waals surface area contributed by atoms with Crippen LogP contribution in [0.2, 0.25) is 0 Å². The highest BCUT2D eigenvalue weighted by Crippen LogP contribution is 2.28. The maximum atomic E-state index is 11.8. The number of aryl methyl sites for hydroxylation is 2. The van der Waals surface area contributed by atoms with Crippen LogP contribution in [0.1, 0.15) is 56.8 Å². The number of rotatable bonds is 11. The zero-order chi connectivity index (χ0) is 21.6. The molecule has 1 N–H and O–H groups in total. The molecule has 0 atom stereocenters. The third kappa shape index (κ3) is 5.66. The summed E-state index contributed by atoms with van der Waals surface area (Å²) in [6.45, 7) is 6.65. The van der Waals surface area contributed by atoms with Crippen LogP contribution in [0.4, 0.5) is 0 Å². The topological polar surface area (TPSA) is 56.1 Å². The molecule has 0 bridgehead atoms. The Morgan fingerprint density at radius 1 is 1.13 bits per heavy atom. The van der Waals surface area contributed by atoms with Crippen LogP contribution in [0, 0.1) is 5.92 Å². The van der Waals surface area contributed by atoms with Gasteiger partial charge in [-0.05, 0) is 61.4 Å². The normalized spacial score (nSPS) is 13.6. The van der Waals surface area contributed by atoms with Gasteiger partial charge in [0, 0.05) is 25.4 Å². The Balaban J connectivity index is 1.31. The fourth-order valence-electron chi connectivity index (χ4n) is 3.88. The molecule has 3 aromatic rings. The molecule has 0 radical (unpaired) electrons. The van der Waals surface area contributed by atoms with E-state index in [0.717, 1.165) is 55.7 Å². The highest BCUT2D eigenvalue weighted by Gasteiger charge is 2.29. The van der Waals surface area contributed by atoms with Crippen LogP contribution in [-0.2, 0) is 17.8 Å². The van der Waals surface area contributed by atoms with Gasteiger partial charge < -0.3 is 14.6 Å². The number of benzene rings is 2. The molecule has 4 rings (SSSR count). The van der Waals surface area contributed by atoms with Crippen LogP contribution in [0.25, 0.3) is 11.0 Å². The second kappa shape index (κ2) is 9.99. The Hall–Kier alpha value is -2.82. The minimum Gasteiger partial charge on any atom is -0.494 e. The van der Waals surface area contributed by atoms with E-state index in [1.807, 2.05) is 6.07 Å². The summed E-state index contributed by atoms with van der Waals surface area (Å²) in [6, 6.07) is 16.7. The van der Waals surface area contributed by atoms with E-state index in [4.69, 9.17) is 9.72 Å². The summed E-state index contributed by atoms with van der Waals surface area (Å²) in [5.41, 5.74) is 3.53. The number of nitrogens with one attached hydrogen (secondary N) is 1. The van der Waals surface area contributed by atoms with Crippen molar-refractivity contribution in [3.63, 3.8) is 0 Å². The van der Waals surface area contributed by atoms with E-state index in [0.29, 0.717) is 19.1 Å². The third-order valence-corrected chi connectivity index (χ3v) is 5.90. The van der Waals surface area contributed by atoms with Gasteiger partial charge in [-0.3, -0.25) is 4.79 Å². The van der Waals surface area contributed by atoms with E-state index < -0.39 is 0 Å². The van der Waals surface area contributed by atoms with Gasteiger partial charge in [0.1, 0.15) is 11.6 Å². The van der Waals surface area contributed by atoms with Gasteiger partial charge >= 0.3 is 0 Å². The Labute approximate surface area is 184 Å². The van der Waals surface area contributed by atoms with Crippen molar-refractivity contribution >= 4 is 16.9 Å². The third-order valence-electron chi connectivity index (χ3n) is 5.90. The fourth-order valence-corrected chi connectivity index (χ4v) is 3.88. The largest absolute Gasteiger partial charge is 0.494 e. The first-order valence-corrected chi connectivity index (χ1v) is 11.6. The molecule has 5 heteroatoms. The average molecular weight is 420 g/mol. The van der Waals surface area contributed by atoms with Crippen LogP contribution in [-0.4, -0.2) is 28.6 Å². The van der Waals surface area contributed by atoms with Gasteiger partial charge in [-0.1, -0.05) is 38.1 Å². The Bertz CT molecular complexity index is 1000. The van der Waals surface area contributed by atoms with Crippen molar-refractivity contribution in [2.45, 2.75) is 58.4 Å². The zero-order valence-corrected chi connectivity index (χ0v) is 18.6. The highest BCUT2D eigenvalue weighted by atomic mass is 16.5. The Morgan fingerprint density at radius 3 is 2.65 bits per heavy atom. The van der Waals surface area contributed by atoms with Crippen molar-refractivity contribution in [3.05, 3.63) is 59.9 Å². The highest BCUT2D eigenvalue weighted by molar-refractivity contribution is 5.80. The molecule has 1 aromatic heterocycles. The molecular formula is C26H33N3O2. The molecule has 1 heterocycles. The molecule has 0 saturated heterocycles. The number of carbonyl (C=O) groups is 1. The van der Waals surface area contributed by atoms with Gasteiger partial charge in [0.2, 0.25) is 5.91 Å². The molecule has 0 aliphatic heterocycles. The maximum absolute atomic E-state index is 11.8. The van der Waals surface area contributed by atoms with E-state index in [1.165, 1.54) is 11.1 Å². The number of aromatic nitrogens is 2. The SMILES string of the molecule is CC(C)c1ccc(OCCCn2c(CCCNC(=O)C3CC3)nc3ccccc32)cc1. The van der Waals surface area contributed by atoms with Crippen molar-refractivity contribution < 1.29 is 9.53 Å². The lowest BCUT2D eigenvalue weighted by atomic mass is 10.0. The van der Waals surface area contributed by atoms with Gasteiger partial charge in [0.25, 0.3) is 0 Å². The van der Waals surface area contributed by atoms with Crippen molar-refractivity contribution in [2.24, 2.45) is 5.92 Å². The van der Waals surface area contributed by atoms with Crippen LogP contribution >= 0.6 is 0 Å². The summed E-state index contributed by atoms with van der Waals surface area (Å²) in [4.78, 5) is 16.7. The molecule has 31 heavy (non-hydrogen) atoms. The summed E-state index contributed by atoms with van der Waals surface area (Å²) < 4.78 is 8.27. The van der Waals surface area contributed by atoms with Crippen LogP contribution in [0.15, 0.2) is 48.5 Å². The first-order chi connectivity index (χ1) is 15.1. The van der Waals surface area contributed by atoms with Crippen LogP contribution in [0.5, 0.6) is 5.75 Å². The van der Waals surface area contributed by atoms with E-state index in [-0.39, 0.29) is 11.8 Å². The molecule has 0 spiro atoms. The number of amides is 1. The molecule has 1 fully saturated rings. The van der Waals surface area contributed by atoms with Gasteiger partial charge in [-0.2, -0.15) is 0 Å². The molecule has 2 aromatic carbocycles. The molecule has 164 valence electrons. The smallest absolute Gasteiger partial charge is 0.223 e. The van der Waals surface area contributed by atoms with E-state index in [1.54, 1.807) is 0 Å². The molecule has 1 aliphatic carbocycles. The average Bonchev–Trinajstić information content (AvgIpc) is 3.57. The van der Waals surface area contributed by atoms with Gasteiger partial charge in [0.05, 0.1) is 17.6 Å². The van der Waals surface area contributed by atoms with Crippen LogP contribution in [0.3, 0.4) is 0 Å². The van der Waals surface area contributed by atoms with E-state index in [9.17, 15) is 4.79 Å². The number of carbonyl (C=O) groups excluding carboxylic acids is 1. The number of hydrogen-bond acceptors (Lipinski definition) is 3. The molecule has 1 saturated carbocycles. The number of nitrogens with zero attached hydrogens (tertiary/aromatic N) is 2. The van der Waals surface area contributed by atoms with Gasteiger partial charge in [-0.25, -0.2) is 4.98 Å². The lowest BCUT2D eigenvalue weighted by Crippen LogP contribution is -2.26. The minimum atomic E-state index is 0.215. The number of ether oxygens (including phenoxy) is 1. The second-order valence-electron chi connectivity index (χ2n) is 8.76. The lowest BCUT2D eigenvalue weighted by Gasteiger charge is -2.11. The number of imidazole rings is 1. The molecule has 5 nitrogen and oxygen atoms in total. The fraction of sp³-hybridized carbons (Fsp3) is 0.462. The number of hydrogen-bond donors (Lipinski definition) is 1. The van der Waals surface area contributed by atoms with Crippen LogP contribution < -0.4 is 10.1 Å². The summed E-state index contributed by atoms with van der Waals surface area (Å²) in [6.07, 6.45) is 4.77. The van der Waals surface area contributed by atoms with Crippen molar-refractivity contribution in [2.75, 3.05) is 13.2 Å². The Kier molecular flexibility index (Phi) is 6.90.